The van der Waals surface area contributed by atoms with E-state index < -0.39 is 0 Å². The first kappa shape index (κ1) is 16.8. The molecule has 6 nitrogen and oxygen atoms in total. The Bertz CT molecular complexity index is 856. The standard InChI is InChI=1S/C15H14Cl2N6S/c1-7-8(2)24-15(21-7)23-14-12(18)13(19-6-20-14)22-11-4-9(16)3-10(17)5-11/h3-6H,18H2,1-2H3,(H2,19,20,21,22,23). The summed E-state index contributed by atoms with van der Waals surface area (Å²) >= 11 is 13.5. The number of nitrogen functional groups attached to an aromatic ring is 1. The zero-order valence-electron chi connectivity index (χ0n) is 12.9. The summed E-state index contributed by atoms with van der Waals surface area (Å²) in [5, 5.41) is 7.98. The van der Waals surface area contributed by atoms with Crippen LogP contribution in [0, 0.1) is 13.8 Å². The van der Waals surface area contributed by atoms with Crippen LogP contribution >= 0.6 is 34.5 Å². The lowest BCUT2D eigenvalue weighted by Gasteiger charge is -2.12. The number of nitrogens with two attached hydrogens (primary N) is 1. The summed E-state index contributed by atoms with van der Waals surface area (Å²) in [6, 6.07) is 5.11. The van der Waals surface area contributed by atoms with Gasteiger partial charge in [0.1, 0.15) is 12.0 Å². The van der Waals surface area contributed by atoms with Gasteiger partial charge in [-0.25, -0.2) is 15.0 Å². The molecule has 0 bridgehead atoms. The first-order chi connectivity index (χ1) is 11.4. The molecule has 0 amide bonds. The summed E-state index contributed by atoms with van der Waals surface area (Å²) in [4.78, 5) is 13.9. The minimum absolute atomic E-state index is 0.374. The fourth-order valence-electron chi connectivity index (χ4n) is 1.98. The van der Waals surface area contributed by atoms with Gasteiger partial charge in [0.2, 0.25) is 0 Å². The van der Waals surface area contributed by atoms with Crippen LogP contribution in [-0.2, 0) is 0 Å². The van der Waals surface area contributed by atoms with Crippen molar-refractivity contribution < 1.29 is 0 Å². The maximum atomic E-state index is 6.16. The number of rotatable bonds is 4. The van der Waals surface area contributed by atoms with Gasteiger partial charge in [-0.05, 0) is 32.0 Å². The molecule has 9 heteroatoms. The van der Waals surface area contributed by atoms with E-state index in [0.717, 1.165) is 15.7 Å². The number of hydrogen-bond donors (Lipinski definition) is 3. The van der Waals surface area contributed by atoms with E-state index in [-0.39, 0.29) is 0 Å². The Morgan fingerprint density at radius 2 is 1.62 bits per heavy atom. The number of anilines is 5. The van der Waals surface area contributed by atoms with Crippen LogP contribution in [0.4, 0.5) is 28.1 Å². The number of halogens is 2. The molecule has 2 heterocycles. The van der Waals surface area contributed by atoms with Crippen molar-refractivity contribution >= 4 is 62.7 Å². The predicted octanol–water partition coefficient (Wildman–Crippen LogP) is 4.93. The largest absolute Gasteiger partial charge is 0.393 e. The van der Waals surface area contributed by atoms with Crippen LogP contribution in [-0.4, -0.2) is 15.0 Å². The maximum absolute atomic E-state index is 6.16. The van der Waals surface area contributed by atoms with E-state index in [9.17, 15) is 0 Å². The van der Waals surface area contributed by atoms with Crippen LogP contribution in [0.2, 0.25) is 10.0 Å². The third-order valence-electron chi connectivity index (χ3n) is 3.26. The molecule has 0 unspecified atom stereocenters. The molecule has 124 valence electrons. The summed E-state index contributed by atoms with van der Waals surface area (Å²) in [5.41, 5.74) is 8.19. The molecule has 2 aromatic heterocycles. The Balaban J connectivity index is 1.87. The Labute approximate surface area is 153 Å². The van der Waals surface area contributed by atoms with E-state index in [1.165, 1.54) is 17.7 Å². The molecule has 0 radical (unpaired) electrons. The monoisotopic (exact) mass is 380 g/mol. The normalized spacial score (nSPS) is 10.7. The van der Waals surface area contributed by atoms with Gasteiger partial charge in [-0.2, -0.15) is 0 Å². The van der Waals surface area contributed by atoms with Crippen LogP contribution in [0.1, 0.15) is 10.6 Å². The number of hydrogen-bond acceptors (Lipinski definition) is 7. The van der Waals surface area contributed by atoms with Crippen molar-refractivity contribution in [3.63, 3.8) is 0 Å². The summed E-state index contributed by atoms with van der Waals surface area (Å²) in [7, 11) is 0. The Morgan fingerprint density at radius 1 is 1.00 bits per heavy atom. The summed E-state index contributed by atoms with van der Waals surface area (Å²) in [6.07, 6.45) is 1.42. The number of thiazole rings is 1. The van der Waals surface area contributed by atoms with Gasteiger partial charge in [-0.3, -0.25) is 0 Å². The Morgan fingerprint density at radius 3 is 2.21 bits per heavy atom. The van der Waals surface area contributed by atoms with E-state index in [2.05, 4.69) is 25.6 Å². The lowest BCUT2D eigenvalue weighted by molar-refractivity contribution is 1.16. The number of aryl methyl sites for hydroxylation is 2. The smallest absolute Gasteiger partial charge is 0.188 e. The number of benzene rings is 1. The van der Waals surface area contributed by atoms with Crippen LogP contribution < -0.4 is 16.4 Å². The molecule has 24 heavy (non-hydrogen) atoms. The number of aromatic nitrogens is 3. The number of nitrogens with zero attached hydrogens (tertiary/aromatic N) is 3. The van der Waals surface area contributed by atoms with Gasteiger partial charge >= 0.3 is 0 Å². The second-order valence-electron chi connectivity index (χ2n) is 5.05. The molecule has 0 aliphatic rings. The third kappa shape index (κ3) is 3.69. The zero-order valence-corrected chi connectivity index (χ0v) is 15.2. The average Bonchev–Trinajstić information content (AvgIpc) is 2.80. The highest BCUT2D eigenvalue weighted by Gasteiger charge is 2.11. The third-order valence-corrected chi connectivity index (χ3v) is 4.69. The van der Waals surface area contributed by atoms with Crippen molar-refractivity contribution in [1.29, 1.82) is 0 Å². The van der Waals surface area contributed by atoms with Crippen molar-refractivity contribution in [2.75, 3.05) is 16.4 Å². The second kappa shape index (κ2) is 6.80. The van der Waals surface area contributed by atoms with Crippen molar-refractivity contribution in [1.82, 2.24) is 15.0 Å². The van der Waals surface area contributed by atoms with Gasteiger partial charge in [0, 0.05) is 20.6 Å². The molecule has 4 N–H and O–H groups in total. The number of nitrogens with one attached hydrogen (secondary N) is 2. The average molecular weight is 381 g/mol. The SMILES string of the molecule is Cc1nc(Nc2ncnc(Nc3cc(Cl)cc(Cl)c3)c2N)sc1C. The lowest BCUT2D eigenvalue weighted by Crippen LogP contribution is -2.05. The molecule has 0 saturated heterocycles. The fourth-order valence-corrected chi connectivity index (χ4v) is 3.32. The molecule has 0 saturated carbocycles. The highest BCUT2D eigenvalue weighted by Crippen LogP contribution is 2.31. The first-order valence-electron chi connectivity index (χ1n) is 6.97. The van der Waals surface area contributed by atoms with Crippen LogP contribution in [0.25, 0.3) is 0 Å². The summed E-state index contributed by atoms with van der Waals surface area (Å²) in [5.74, 6) is 0.935. The second-order valence-corrected chi connectivity index (χ2v) is 7.13. The molecule has 0 spiro atoms. The molecule has 3 aromatic rings. The Hall–Kier alpha value is -2.09. The quantitative estimate of drug-likeness (QED) is 0.594. The van der Waals surface area contributed by atoms with E-state index in [1.807, 2.05) is 13.8 Å². The van der Waals surface area contributed by atoms with Crippen molar-refractivity contribution in [2.24, 2.45) is 0 Å². The highest BCUT2D eigenvalue weighted by molar-refractivity contribution is 7.15. The summed E-state index contributed by atoms with van der Waals surface area (Å²) < 4.78 is 0. The minimum Gasteiger partial charge on any atom is -0.393 e. The van der Waals surface area contributed by atoms with Gasteiger partial charge in [0.05, 0.1) is 5.69 Å². The molecule has 0 atom stereocenters. The van der Waals surface area contributed by atoms with Gasteiger partial charge in [-0.15, -0.1) is 11.3 Å². The fraction of sp³-hybridized carbons (Fsp3) is 0.133. The molecule has 0 aliphatic heterocycles. The minimum atomic E-state index is 0.374. The molecular weight excluding hydrogens is 367 g/mol. The van der Waals surface area contributed by atoms with Crippen LogP contribution in [0.5, 0.6) is 0 Å². The van der Waals surface area contributed by atoms with Crippen molar-refractivity contribution in [3.8, 4) is 0 Å². The lowest BCUT2D eigenvalue weighted by atomic mass is 10.3. The van der Waals surface area contributed by atoms with E-state index in [4.69, 9.17) is 28.9 Å². The topological polar surface area (TPSA) is 88.8 Å². The molecule has 0 aliphatic carbocycles. The van der Waals surface area contributed by atoms with Gasteiger partial charge in [0.25, 0.3) is 0 Å². The molecular formula is C15H14Cl2N6S. The zero-order chi connectivity index (χ0) is 17.3. The molecule has 3 rings (SSSR count). The predicted molar refractivity (Wildman–Crippen MR) is 101 cm³/mol. The van der Waals surface area contributed by atoms with Crippen molar-refractivity contribution in [2.45, 2.75) is 13.8 Å². The van der Waals surface area contributed by atoms with Crippen molar-refractivity contribution in [3.05, 3.63) is 45.1 Å². The maximum Gasteiger partial charge on any atom is 0.188 e. The summed E-state index contributed by atoms with van der Waals surface area (Å²) in [6.45, 7) is 3.97. The van der Waals surface area contributed by atoms with Gasteiger partial charge in [0.15, 0.2) is 16.8 Å². The van der Waals surface area contributed by atoms with E-state index in [1.54, 1.807) is 18.2 Å². The van der Waals surface area contributed by atoms with Gasteiger partial charge < -0.3 is 16.4 Å². The van der Waals surface area contributed by atoms with E-state index in [0.29, 0.717) is 33.1 Å². The first-order valence-corrected chi connectivity index (χ1v) is 8.54. The Kier molecular flexibility index (Phi) is 4.75. The van der Waals surface area contributed by atoms with Gasteiger partial charge in [-0.1, -0.05) is 23.2 Å². The molecule has 0 fully saturated rings. The van der Waals surface area contributed by atoms with E-state index >= 15 is 0 Å². The highest BCUT2D eigenvalue weighted by atomic mass is 35.5. The van der Waals surface area contributed by atoms with Crippen LogP contribution in [0.15, 0.2) is 24.5 Å². The molecule has 1 aromatic carbocycles. The van der Waals surface area contributed by atoms with Crippen LogP contribution in [0.3, 0.4) is 0 Å².